The molecule has 12 nitrogen and oxygen atoms in total. The van der Waals surface area contributed by atoms with E-state index in [1.807, 2.05) is 109 Å². The normalized spacial score (nSPS) is 11.9. The largest absolute Gasteiger partial charge is 0.393 e. The molecule has 270 valence electrons. The number of anilines is 2. The molecule has 2 aliphatic heterocycles. The van der Waals surface area contributed by atoms with Gasteiger partial charge in [0.25, 0.3) is 11.4 Å². The van der Waals surface area contributed by atoms with Crippen LogP contribution in [0.25, 0.3) is 90.9 Å². The van der Waals surface area contributed by atoms with Gasteiger partial charge in [0.1, 0.15) is 11.4 Å². The lowest BCUT2D eigenvalue weighted by Gasteiger charge is -2.08. The molecule has 7 aromatic rings. The Morgan fingerprint density at radius 2 is 0.750 bits per heavy atom. The molecule has 12 heteroatoms. The van der Waals surface area contributed by atoms with Gasteiger partial charge in [0.05, 0.1) is 32.6 Å². The average molecular weight is 735 g/mol. The van der Waals surface area contributed by atoms with Crippen molar-refractivity contribution in [1.82, 2.24) is 19.9 Å². The number of nitrogen functional groups attached to an aromatic ring is 2. The number of H-pyrrole nitrogens is 2. The molecule has 8 bridgehead atoms. The van der Waals surface area contributed by atoms with Gasteiger partial charge in [-0.3, -0.25) is 20.2 Å². The number of nitro benzene ring substituents is 2. The molecule has 5 heterocycles. The highest BCUT2D eigenvalue weighted by atomic mass is 16.6. The minimum Gasteiger partial charge on any atom is -0.393 e. The fourth-order valence-corrected chi connectivity index (χ4v) is 7.38. The van der Waals surface area contributed by atoms with E-state index >= 15 is 0 Å². The number of hydrogen-bond acceptors (Lipinski definition) is 8. The molecule has 0 radical (unpaired) electrons. The Hall–Kier alpha value is -8.12. The predicted octanol–water partition coefficient (Wildman–Crippen LogP) is 10.3. The van der Waals surface area contributed by atoms with Crippen LogP contribution in [0.2, 0.25) is 0 Å². The second-order valence-electron chi connectivity index (χ2n) is 13.3. The van der Waals surface area contributed by atoms with Crippen LogP contribution in [0.1, 0.15) is 22.8 Å². The third kappa shape index (κ3) is 5.83. The van der Waals surface area contributed by atoms with Crippen LogP contribution in [0.4, 0.5) is 22.7 Å². The minimum absolute atomic E-state index is 0.00810. The molecular weight excluding hydrogens is 705 g/mol. The van der Waals surface area contributed by atoms with Crippen molar-refractivity contribution in [3.8, 4) is 44.5 Å². The topological polar surface area (TPSA) is 196 Å². The maximum absolute atomic E-state index is 11.7. The zero-order valence-electron chi connectivity index (χ0n) is 29.4. The summed E-state index contributed by atoms with van der Waals surface area (Å²) in [6, 6.07) is 37.1. The molecule has 0 unspecified atom stereocenters. The van der Waals surface area contributed by atoms with Crippen LogP contribution in [0.5, 0.6) is 0 Å². The highest BCUT2D eigenvalue weighted by molar-refractivity contribution is 6.00. The molecule has 0 saturated heterocycles. The molecule has 0 atom stereocenters. The summed E-state index contributed by atoms with van der Waals surface area (Å²) in [5.74, 6) is 0. The number of nitrogens with one attached hydrogen (secondary N) is 2. The predicted molar refractivity (Wildman–Crippen MR) is 223 cm³/mol. The van der Waals surface area contributed by atoms with Crippen LogP contribution in [-0.2, 0) is 0 Å². The van der Waals surface area contributed by atoms with Crippen molar-refractivity contribution < 1.29 is 9.85 Å². The summed E-state index contributed by atoms with van der Waals surface area (Å²) in [7, 11) is 0. The molecule has 3 aromatic heterocycles. The Labute approximate surface area is 318 Å². The first-order valence-electron chi connectivity index (χ1n) is 17.6. The van der Waals surface area contributed by atoms with E-state index in [0.29, 0.717) is 56.1 Å². The van der Waals surface area contributed by atoms with E-state index < -0.39 is 9.85 Å². The minimum atomic E-state index is -0.515. The third-order valence-corrected chi connectivity index (χ3v) is 9.90. The smallest absolute Gasteiger partial charge is 0.292 e. The number of aromatic amines is 2. The monoisotopic (exact) mass is 734 g/mol. The number of nitro groups is 2. The van der Waals surface area contributed by atoms with Crippen molar-refractivity contribution in [2.24, 2.45) is 0 Å². The van der Waals surface area contributed by atoms with Crippen LogP contribution < -0.4 is 11.5 Å². The van der Waals surface area contributed by atoms with Gasteiger partial charge in [-0.2, -0.15) is 0 Å². The molecule has 4 aromatic carbocycles. The van der Waals surface area contributed by atoms with Gasteiger partial charge in [0.15, 0.2) is 0 Å². The first kappa shape index (κ1) is 33.7. The van der Waals surface area contributed by atoms with Crippen LogP contribution in [0.15, 0.2) is 121 Å². The van der Waals surface area contributed by atoms with Gasteiger partial charge >= 0.3 is 0 Å². The zero-order valence-corrected chi connectivity index (χ0v) is 29.4. The van der Waals surface area contributed by atoms with Crippen molar-refractivity contribution in [2.45, 2.75) is 0 Å². The number of nitrogens with zero attached hydrogens (tertiary/aromatic N) is 4. The second-order valence-corrected chi connectivity index (χ2v) is 13.3. The van der Waals surface area contributed by atoms with Gasteiger partial charge in [-0.05, 0) is 95.1 Å². The highest BCUT2D eigenvalue weighted by Gasteiger charge is 2.21. The van der Waals surface area contributed by atoms with E-state index in [-0.39, 0.29) is 22.7 Å². The van der Waals surface area contributed by atoms with Crippen LogP contribution >= 0.6 is 0 Å². The standard InChI is InChI=1S/C44H30N8O4/c45-29-23-27(11-21-39(29)51(53)54)43-35-17-15-33(48-35)41(25-7-3-1-4-8-25)31-13-14-32(47-31)42(26-9-5-2-6-10-26)34-16-18-36(49-34)44(38-20-19-37(43)50-38)28-12-22-40(52(55)56)30(46)24-28/h1-24,47,50H,45-46H2. The van der Waals surface area contributed by atoms with E-state index in [9.17, 15) is 20.2 Å². The summed E-state index contributed by atoms with van der Waals surface area (Å²) in [5.41, 5.74) is 23.8. The lowest BCUT2D eigenvalue weighted by molar-refractivity contribution is -0.384. The van der Waals surface area contributed by atoms with Gasteiger partial charge in [-0.25, -0.2) is 9.97 Å². The summed E-state index contributed by atoms with van der Waals surface area (Å²) < 4.78 is 0. The maximum Gasteiger partial charge on any atom is 0.292 e. The van der Waals surface area contributed by atoms with E-state index in [1.54, 1.807) is 24.3 Å². The van der Waals surface area contributed by atoms with Gasteiger partial charge in [-0.15, -0.1) is 0 Å². The van der Waals surface area contributed by atoms with Crippen molar-refractivity contribution >= 4 is 69.1 Å². The van der Waals surface area contributed by atoms with Crippen molar-refractivity contribution in [3.63, 3.8) is 0 Å². The molecule has 0 saturated carbocycles. The summed E-state index contributed by atoms with van der Waals surface area (Å²) >= 11 is 0. The molecule has 56 heavy (non-hydrogen) atoms. The summed E-state index contributed by atoms with van der Waals surface area (Å²) in [5, 5.41) is 23.5. The van der Waals surface area contributed by atoms with E-state index in [0.717, 1.165) is 33.3 Å². The molecule has 2 aliphatic rings. The number of hydrogen-bond donors (Lipinski definition) is 4. The number of nitrogens with two attached hydrogens (primary N) is 2. The summed E-state index contributed by atoms with van der Waals surface area (Å²) in [4.78, 5) is 40.2. The highest BCUT2D eigenvalue weighted by Crippen LogP contribution is 2.40. The summed E-state index contributed by atoms with van der Waals surface area (Å²) in [6.45, 7) is 0. The number of benzene rings is 4. The average Bonchev–Trinajstić information content (AvgIpc) is 4.03. The number of rotatable bonds is 6. The van der Waals surface area contributed by atoms with E-state index in [2.05, 4.69) is 9.97 Å². The fraction of sp³-hybridized carbons (Fsp3) is 0. The lowest BCUT2D eigenvalue weighted by atomic mass is 10.0. The van der Waals surface area contributed by atoms with E-state index in [4.69, 9.17) is 21.4 Å². The van der Waals surface area contributed by atoms with Gasteiger partial charge in [0, 0.05) is 56.5 Å². The van der Waals surface area contributed by atoms with Crippen LogP contribution in [-0.4, -0.2) is 29.8 Å². The third-order valence-electron chi connectivity index (χ3n) is 9.90. The van der Waals surface area contributed by atoms with Crippen LogP contribution in [0.3, 0.4) is 0 Å². The molecule has 0 amide bonds. The van der Waals surface area contributed by atoms with Gasteiger partial charge in [0.2, 0.25) is 0 Å². The Morgan fingerprint density at radius 1 is 0.429 bits per heavy atom. The Balaban J connectivity index is 1.46. The first-order valence-corrected chi connectivity index (χ1v) is 17.6. The van der Waals surface area contributed by atoms with E-state index in [1.165, 1.54) is 12.1 Å². The molecular formula is C44H30N8O4. The lowest BCUT2D eigenvalue weighted by Crippen LogP contribution is -1.96. The van der Waals surface area contributed by atoms with Crippen LogP contribution in [0, 0.1) is 20.2 Å². The Morgan fingerprint density at radius 3 is 1.05 bits per heavy atom. The maximum atomic E-state index is 11.7. The van der Waals surface area contributed by atoms with Crippen molar-refractivity contribution in [1.29, 1.82) is 0 Å². The second kappa shape index (κ2) is 13.4. The molecule has 0 spiro atoms. The first-order chi connectivity index (χ1) is 27.2. The quantitative estimate of drug-likeness (QED) is 0.0735. The number of fused-ring (bicyclic) bond motifs is 8. The van der Waals surface area contributed by atoms with Crippen molar-refractivity contribution in [2.75, 3.05) is 11.5 Å². The fourth-order valence-electron chi connectivity index (χ4n) is 7.38. The molecule has 0 fully saturated rings. The summed E-state index contributed by atoms with van der Waals surface area (Å²) in [6.07, 6.45) is 7.75. The zero-order chi connectivity index (χ0) is 38.5. The molecule has 6 N–H and O–H groups in total. The molecule has 0 aliphatic carbocycles. The SMILES string of the molecule is Nc1cc(-c2c3nc(c(-c4ccccc4)c4ccc([nH]4)c(-c4ccccc4)c4nc(c(-c5ccc([N+](=O)[O-])c(N)c5)c5ccc2[nH]5)C=C4)C=C3)ccc1[N+](=O)[O-]. The van der Waals surface area contributed by atoms with Gasteiger partial charge < -0.3 is 21.4 Å². The number of aromatic nitrogens is 4. The molecule has 9 rings (SSSR count). The Kier molecular flexibility index (Phi) is 8.05. The van der Waals surface area contributed by atoms with Gasteiger partial charge in [-0.1, -0.05) is 60.7 Å². The van der Waals surface area contributed by atoms with Crippen molar-refractivity contribution in [3.05, 3.63) is 164 Å². The Bertz CT molecular complexity index is 2800.